The van der Waals surface area contributed by atoms with Gasteiger partial charge in [0, 0.05) is 11.1 Å². The fourth-order valence-electron chi connectivity index (χ4n) is 2.51. The van der Waals surface area contributed by atoms with Crippen LogP contribution >= 0.6 is 23.2 Å². The topological polar surface area (TPSA) is 67.4 Å². The Hall–Kier alpha value is -3.02. The lowest BCUT2D eigenvalue weighted by Crippen LogP contribution is -2.43. The summed E-state index contributed by atoms with van der Waals surface area (Å²) < 4.78 is 5.29. The molecule has 0 aromatic heterocycles. The quantitative estimate of drug-likeness (QED) is 0.480. The molecule has 2 amide bonds. The van der Waals surface area contributed by atoms with Crippen LogP contribution in [0.15, 0.2) is 66.7 Å². The van der Waals surface area contributed by atoms with Crippen molar-refractivity contribution in [2.75, 3.05) is 6.61 Å². The van der Waals surface area contributed by atoms with Gasteiger partial charge in [0.2, 0.25) is 0 Å². The SMILES string of the molecule is O=C(C=Cc1cccc2ccccc12)NNC(=O)COc1ccc(Cl)cc1Cl. The molecule has 0 spiro atoms. The number of hydrogen-bond acceptors (Lipinski definition) is 3. The van der Waals surface area contributed by atoms with E-state index in [1.54, 1.807) is 18.2 Å². The minimum absolute atomic E-state index is 0.294. The monoisotopic (exact) mass is 414 g/mol. The van der Waals surface area contributed by atoms with Crippen molar-refractivity contribution in [3.05, 3.63) is 82.3 Å². The standard InChI is InChI=1S/C21H16Cl2N2O3/c22-16-9-10-19(18(23)12-16)28-13-21(27)25-24-20(26)11-8-15-6-3-5-14-4-1-2-7-17(14)15/h1-12H,13H2,(H,24,26)(H,25,27). The van der Waals surface area contributed by atoms with Crippen molar-refractivity contribution in [1.82, 2.24) is 10.9 Å². The lowest BCUT2D eigenvalue weighted by atomic mass is 10.0. The Morgan fingerprint density at radius 3 is 2.57 bits per heavy atom. The third-order valence-corrected chi connectivity index (χ3v) is 4.35. The summed E-state index contributed by atoms with van der Waals surface area (Å²) in [4.78, 5) is 23.7. The first-order valence-electron chi connectivity index (χ1n) is 8.35. The average molecular weight is 415 g/mol. The van der Waals surface area contributed by atoms with Gasteiger partial charge in [0.05, 0.1) is 5.02 Å². The van der Waals surface area contributed by atoms with Crippen molar-refractivity contribution in [2.45, 2.75) is 0 Å². The molecule has 0 saturated heterocycles. The highest BCUT2D eigenvalue weighted by Gasteiger charge is 2.07. The second-order valence-electron chi connectivity index (χ2n) is 5.80. The van der Waals surface area contributed by atoms with E-state index in [4.69, 9.17) is 27.9 Å². The van der Waals surface area contributed by atoms with E-state index >= 15 is 0 Å². The summed E-state index contributed by atoms with van der Waals surface area (Å²) in [6, 6.07) is 18.4. The molecule has 0 radical (unpaired) electrons. The highest BCUT2D eigenvalue weighted by molar-refractivity contribution is 6.35. The number of benzene rings is 3. The Balaban J connectivity index is 1.51. The molecule has 0 aliphatic heterocycles. The third kappa shape index (κ3) is 5.25. The van der Waals surface area contributed by atoms with Gasteiger partial charge >= 0.3 is 0 Å². The number of hydrazine groups is 1. The van der Waals surface area contributed by atoms with Crippen LogP contribution in [-0.2, 0) is 9.59 Å². The number of nitrogens with one attached hydrogen (secondary N) is 2. The zero-order chi connectivity index (χ0) is 19.9. The van der Waals surface area contributed by atoms with E-state index in [2.05, 4.69) is 10.9 Å². The van der Waals surface area contributed by atoms with Crippen LogP contribution in [0.4, 0.5) is 0 Å². The number of carbonyl (C=O) groups is 2. The van der Waals surface area contributed by atoms with Crippen molar-refractivity contribution < 1.29 is 14.3 Å². The van der Waals surface area contributed by atoms with Crippen LogP contribution in [0.2, 0.25) is 10.0 Å². The molecule has 3 aromatic carbocycles. The minimum Gasteiger partial charge on any atom is -0.482 e. The summed E-state index contributed by atoms with van der Waals surface area (Å²) in [6.07, 6.45) is 3.03. The molecule has 0 saturated carbocycles. The summed E-state index contributed by atoms with van der Waals surface area (Å²) >= 11 is 11.8. The van der Waals surface area contributed by atoms with Crippen molar-refractivity contribution in [1.29, 1.82) is 0 Å². The first-order chi connectivity index (χ1) is 13.5. The summed E-state index contributed by atoms with van der Waals surface area (Å²) in [5.74, 6) is -0.674. The summed E-state index contributed by atoms with van der Waals surface area (Å²) in [7, 11) is 0. The zero-order valence-electron chi connectivity index (χ0n) is 14.6. The van der Waals surface area contributed by atoms with E-state index in [0.29, 0.717) is 15.8 Å². The largest absolute Gasteiger partial charge is 0.482 e. The van der Waals surface area contributed by atoms with Gasteiger partial charge in [-0.25, -0.2) is 0 Å². The molecule has 7 heteroatoms. The number of rotatable bonds is 5. The minimum atomic E-state index is -0.530. The van der Waals surface area contributed by atoms with E-state index in [1.807, 2.05) is 42.5 Å². The molecule has 3 rings (SSSR count). The van der Waals surface area contributed by atoms with Crippen molar-refractivity contribution >= 4 is 51.9 Å². The van der Waals surface area contributed by atoms with Crippen molar-refractivity contribution in [2.24, 2.45) is 0 Å². The zero-order valence-corrected chi connectivity index (χ0v) is 16.1. The van der Waals surface area contributed by atoms with Gasteiger partial charge in [0.25, 0.3) is 11.8 Å². The molecule has 142 valence electrons. The second-order valence-corrected chi connectivity index (χ2v) is 6.65. The van der Waals surface area contributed by atoms with Gasteiger partial charge < -0.3 is 4.74 Å². The molecule has 2 N–H and O–H groups in total. The van der Waals surface area contributed by atoms with Crippen LogP contribution in [0.25, 0.3) is 16.8 Å². The maximum absolute atomic E-state index is 11.9. The van der Waals surface area contributed by atoms with Crippen molar-refractivity contribution in [3.63, 3.8) is 0 Å². The fourth-order valence-corrected chi connectivity index (χ4v) is 2.97. The first kappa shape index (κ1) is 19.7. The van der Waals surface area contributed by atoms with Gasteiger partial charge in [-0.3, -0.25) is 20.4 Å². The maximum Gasteiger partial charge on any atom is 0.276 e. The Morgan fingerprint density at radius 2 is 1.75 bits per heavy atom. The molecular formula is C21H16Cl2N2O3. The van der Waals surface area contributed by atoms with Crippen LogP contribution in [0.5, 0.6) is 5.75 Å². The van der Waals surface area contributed by atoms with Crippen molar-refractivity contribution in [3.8, 4) is 5.75 Å². The van der Waals surface area contributed by atoms with E-state index < -0.39 is 11.8 Å². The molecule has 0 heterocycles. The molecule has 5 nitrogen and oxygen atoms in total. The number of halogens is 2. The molecule has 0 aliphatic rings. The molecule has 0 atom stereocenters. The maximum atomic E-state index is 11.9. The Morgan fingerprint density at radius 1 is 0.964 bits per heavy atom. The third-order valence-electron chi connectivity index (χ3n) is 3.82. The Bertz CT molecular complexity index is 1050. The van der Waals surface area contributed by atoms with E-state index in [1.165, 1.54) is 12.1 Å². The summed E-state index contributed by atoms with van der Waals surface area (Å²) in [6.45, 7) is -0.311. The Labute approximate surface area is 171 Å². The van der Waals surface area contributed by atoms with Gasteiger partial charge in [0.1, 0.15) is 5.75 Å². The fraction of sp³-hybridized carbons (Fsp3) is 0.0476. The van der Waals surface area contributed by atoms with Gasteiger partial charge in [-0.05, 0) is 40.6 Å². The first-order valence-corrected chi connectivity index (χ1v) is 9.11. The lowest BCUT2D eigenvalue weighted by molar-refractivity contribution is -0.128. The molecular weight excluding hydrogens is 399 g/mol. The van der Waals surface area contributed by atoms with Gasteiger partial charge in [-0.15, -0.1) is 0 Å². The molecule has 0 unspecified atom stereocenters. The van der Waals surface area contributed by atoms with Crippen LogP contribution in [0, 0.1) is 0 Å². The normalized spacial score (nSPS) is 10.8. The average Bonchev–Trinajstić information content (AvgIpc) is 2.70. The van der Waals surface area contributed by atoms with Gasteiger partial charge in [-0.2, -0.15) is 0 Å². The number of carbonyl (C=O) groups excluding carboxylic acids is 2. The highest BCUT2D eigenvalue weighted by atomic mass is 35.5. The molecule has 3 aromatic rings. The van der Waals surface area contributed by atoms with Crippen LogP contribution < -0.4 is 15.6 Å². The molecule has 0 bridgehead atoms. The number of fused-ring (bicyclic) bond motifs is 1. The van der Waals surface area contributed by atoms with Crippen LogP contribution in [-0.4, -0.2) is 18.4 Å². The van der Waals surface area contributed by atoms with Crippen LogP contribution in [0.3, 0.4) is 0 Å². The Kier molecular flexibility index (Phi) is 6.53. The second kappa shape index (κ2) is 9.26. The van der Waals surface area contributed by atoms with E-state index in [-0.39, 0.29) is 6.61 Å². The molecule has 0 aliphatic carbocycles. The van der Waals surface area contributed by atoms with Crippen LogP contribution in [0.1, 0.15) is 5.56 Å². The predicted molar refractivity (Wildman–Crippen MR) is 111 cm³/mol. The number of ether oxygens (including phenoxy) is 1. The number of amides is 2. The van der Waals surface area contributed by atoms with E-state index in [0.717, 1.165) is 16.3 Å². The summed E-state index contributed by atoms with van der Waals surface area (Å²) in [5.41, 5.74) is 5.48. The molecule has 0 fully saturated rings. The van der Waals surface area contributed by atoms with Gasteiger partial charge in [-0.1, -0.05) is 65.7 Å². The van der Waals surface area contributed by atoms with Gasteiger partial charge in [0.15, 0.2) is 6.61 Å². The lowest BCUT2D eigenvalue weighted by Gasteiger charge is -2.09. The molecule has 28 heavy (non-hydrogen) atoms. The predicted octanol–water partition coefficient (Wildman–Crippen LogP) is 4.39. The smallest absolute Gasteiger partial charge is 0.276 e. The summed E-state index contributed by atoms with van der Waals surface area (Å²) in [5, 5.41) is 2.87. The number of hydrogen-bond donors (Lipinski definition) is 2. The van der Waals surface area contributed by atoms with E-state index in [9.17, 15) is 9.59 Å². The highest BCUT2D eigenvalue weighted by Crippen LogP contribution is 2.27.